The van der Waals surface area contributed by atoms with Gasteiger partial charge in [0.05, 0.1) is 18.7 Å². The molecule has 0 aromatic carbocycles. The van der Waals surface area contributed by atoms with Crippen molar-refractivity contribution in [1.82, 2.24) is 10.2 Å². The van der Waals surface area contributed by atoms with E-state index in [9.17, 15) is 4.79 Å². The fourth-order valence-corrected chi connectivity index (χ4v) is 2.70. The van der Waals surface area contributed by atoms with E-state index in [1.807, 2.05) is 34.6 Å². The van der Waals surface area contributed by atoms with E-state index in [2.05, 4.69) is 10.3 Å². The molecule has 7 heteroatoms. The SMILES string of the molecule is CC(C)(C)OC(=O)N1[C@@H]([C@H]2CCN[13C](N)=N2)COC1(C)C. The third-order valence-corrected chi connectivity index (χ3v) is 3.60. The van der Waals surface area contributed by atoms with Gasteiger partial charge in [0.2, 0.25) is 0 Å². The van der Waals surface area contributed by atoms with Gasteiger partial charge in [0.15, 0.2) is 5.96 Å². The van der Waals surface area contributed by atoms with Crippen LogP contribution in [0.25, 0.3) is 0 Å². The summed E-state index contributed by atoms with van der Waals surface area (Å²) in [5.74, 6) is 0.417. The summed E-state index contributed by atoms with van der Waals surface area (Å²) in [5, 5.41) is 2.99. The molecule has 0 spiro atoms. The van der Waals surface area contributed by atoms with Crippen LogP contribution in [0.1, 0.15) is 41.0 Å². The van der Waals surface area contributed by atoms with Crippen LogP contribution >= 0.6 is 0 Å². The minimum absolute atomic E-state index is 0.0689. The summed E-state index contributed by atoms with van der Waals surface area (Å²) in [5.41, 5.74) is 4.50. The fraction of sp³-hybridized carbons (Fsp3) is 0.857. The molecule has 120 valence electrons. The molecule has 0 unspecified atom stereocenters. The number of ether oxygens (including phenoxy) is 2. The Morgan fingerprint density at radius 2 is 2.19 bits per heavy atom. The van der Waals surface area contributed by atoms with Crippen molar-refractivity contribution >= 4 is 12.1 Å². The van der Waals surface area contributed by atoms with Gasteiger partial charge in [0.25, 0.3) is 0 Å². The fourth-order valence-electron chi connectivity index (χ4n) is 2.70. The maximum atomic E-state index is 12.5. The second-order valence-corrected chi connectivity index (χ2v) is 6.97. The van der Waals surface area contributed by atoms with Crippen molar-refractivity contribution in [1.29, 1.82) is 0 Å². The number of carbonyl (C=O) groups excluding carboxylic acids is 1. The quantitative estimate of drug-likeness (QED) is 0.706. The van der Waals surface area contributed by atoms with Crippen LogP contribution in [0.15, 0.2) is 4.99 Å². The van der Waals surface area contributed by atoms with Crippen molar-refractivity contribution in [3.8, 4) is 0 Å². The number of aliphatic imine (C=N–C) groups is 1. The first-order valence-electron chi connectivity index (χ1n) is 7.33. The topological polar surface area (TPSA) is 89.2 Å². The summed E-state index contributed by atoms with van der Waals surface area (Å²) in [6.45, 7) is 10.5. The molecule has 2 atom stereocenters. The van der Waals surface area contributed by atoms with Gasteiger partial charge in [-0.05, 0) is 41.0 Å². The number of guanidine groups is 1. The molecule has 2 rings (SSSR count). The summed E-state index contributed by atoms with van der Waals surface area (Å²) in [4.78, 5) is 18.6. The molecule has 1 amide bonds. The maximum Gasteiger partial charge on any atom is 0.412 e. The number of rotatable bonds is 1. The first-order chi connectivity index (χ1) is 9.60. The highest BCUT2D eigenvalue weighted by atomic mass is 16.6. The van der Waals surface area contributed by atoms with Gasteiger partial charge in [-0.2, -0.15) is 0 Å². The Kier molecular flexibility index (Phi) is 4.06. The average Bonchev–Trinajstić information content (AvgIpc) is 2.62. The standard InChI is InChI=1S/C14H26N4O3/c1-13(2,3)21-12(19)18-10(8-20-14(18,4)5)9-6-7-16-11(15)17-9/h9-10H,6-8H2,1-5H3,(H3,15,16,17)/t9-,10-/m1/s1/i11+1. The van der Waals surface area contributed by atoms with Gasteiger partial charge < -0.3 is 20.5 Å². The molecule has 0 aliphatic carbocycles. The average molecular weight is 299 g/mol. The first-order valence-corrected chi connectivity index (χ1v) is 7.33. The summed E-state index contributed by atoms with van der Waals surface area (Å²) >= 11 is 0. The lowest BCUT2D eigenvalue weighted by atomic mass is 10.0. The van der Waals surface area contributed by atoms with Crippen LogP contribution in [0.4, 0.5) is 4.79 Å². The second-order valence-electron chi connectivity index (χ2n) is 6.97. The predicted molar refractivity (Wildman–Crippen MR) is 79.9 cm³/mol. The number of nitrogens with two attached hydrogens (primary N) is 1. The third kappa shape index (κ3) is 3.58. The Morgan fingerprint density at radius 1 is 1.52 bits per heavy atom. The van der Waals surface area contributed by atoms with Crippen LogP contribution in [0, 0.1) is 0 Å². The van der Waals surface area contributed by atoms with Crippen molar-refractivity contribution in [3.05, 3.63) is 0 Å². The lowest BCUT2D eigenvalue weighted by Crippen LogP contribution is -2.54. The summed E-state index contributed by atoms with van der Waals surface area (Å²) in [6, 6.07) is -0.226. The molecule has 7 nitrogen and oxygen atoms in total. The number of hydrogen-bond acceptors (Lipinski definition) is 6. The Morgan fingerprint density at radius 3 is 2.76 bits per heavy atom. The molecular formula is C14H26N4O3. The van der Waals surface area contributed by atoms with Crippen LogP contribution < -0.4 is 11.1 Å². The highest BCUT2D eigenvalue weighted by Gasteiger charge is 2.48. The Bertz CT molecular complexity index is 442. The highest BCUT2D eigenvalue weighted by Crippen LogP contribution is 2.32. The molecule has 21 heavy (non-hydrogen) atoms. The lowest BCUT2D eigenvalue weighted by molar-refractivity contribution is -0.0633. The molecular weight excluding hydrogens is 273 g/mol. The number of hydrogen-bond donors (Lipinski definition) is 2. The van der Waals surface area contributed by atoms with Crippen molar-refractivity contribution in [2.45, 2.75) is 64.4 Å². The summed E-state index contributed by atoms with van der Waals surface area (Å²) in [7, 11) is 0. The summed E-state index contributed by atoms with van der Waals surface area (Å²) < 4.78 is 11.3. The minimum atomic E-state index is -0.706. The second kappa shape index (κ2) is 5.36. The van der Waals surface area contributed by atoms with Crippen molar-refractivity contribution < 1.29 is 14.3 Å². The van der Waals surface area contributed by atoms with Gasteiger partial charge in [0, 0.05) is 6.54 Å². The Balaban J connectivity index is 2.21. The van der Waals surface area contributed by atoms with Gasteiger partial charge in [-0.1, -0.05) is 0 Å². The van der Waals surface area contributed by atoms with E-state index in [4.69, 9.17) is 15.2 Å². The molecule has 1 saturated heterocycles. The van der Waals surface area contributed by atoms with E-state index in [0.29, 0.717) is 12.6 Å². The molecule has 0 aromatic heterocycles. The highest BCUT2D eigenvalue weighted by molar-refractivity contribution is 5.78. The first kappa shape index (κ1) is 15.9. The predicted octanol–water partition coefficient (Wildman–Crippen LogP) is 1.04. The van der Waals surface area contributed by atoms with E-state index < -0.39 is 11.3 Å². The lowest BCUT2D eigenvalue weighted by Gasteiger charge is -2.37. The molecule has 3 N–H and O–H groups in total. The smallest absolute Gasteiger partial charge is 0.412 e. The largest absolute Gasteiger partial charge is 0.444 e. The molecule has 1 fully saturated rings. The van der Waals surface area contributed by atoms with Crippen LogP contribution in [-0.4, -0.2) is 53.5 Å². The van der Waals surface area contributed by atoms with Gasteiger partial charge in [0.1, 0.15) is 11.3 Å². The minimum Gasteiger partial charge on any atom is -0.444 e. The maximum absolute atomic E-state index is 12.5. The number of amides is 1. The zero-order chi connectivity index (χ0) is 15.8. The molecule has 0 saturated carbocycles. The number of nitrogens with zero attached hydrogens (tertiary/aromatic N) is 2. The molecule has 2 aliphatic rings. The van der Waals surface area contributed by atoms with Crippen molar-refractivity contribution in [3.63, 3.8) is 0 Å². The van der Waals surface area contributed by atoms with Gasteiger partial charge >= 0.3 is 6.09 Å². The van der Waals surface area contributed by atoms with E-state index in [1.165, 1.54) is 0 Å². The molecule has 0 bridgehead atoms. The van der Waals surface area contributed by atoms with Crippen LogP contribution in [0.3, 0.4) is 0 Å². The summed E-state index contributed by atoms with van der Waals surface area (Å²) in [6.07, 6.45) is 0.437. The molecule has 0 aromatic rings. The van der Waals surface area contributed by atoms with Gasteiger partial charge in [-0.15, -0.1) is 0 Å². The van der Waals surface area contributed by atoms with Crippen LogP contribution in [-0.2, 0) is 9.47 Å². The Labute approximate surface area is 125 Å². The Hall–Kier alpha value is -1.50. The van der Waals surface area contributed by atoms with E-state index >= 15 is 0 Å². The van der Waals surface area contributed by atoms with Crippen molar-refractivity contribution in [2.24, 2.45) is 10.7 Å². The van der Waals surface area contributed by atoms with Crippen LogP contribution in [0.5, 0.6) is 0 Å². The molecule has 0 radical (unpaired) electrons. The number of carbonyl (C=O) groups is 1. The van der Waals surface area contributed by atoms with E-state index in [0.717, 1.165) is 13.0 Å². The zero-order valence-corrected chi connectivity index (χ0v) is 13.5. The van der Waals surface area contributed by atoms with Crippen molar-refractivity contribution in [2.75, 3.05) is 13.2 Å². The van der Waals surface area contributed by atoms with E-state index in [1.54, 1.807) is 4.90 Å². The van der Waals surface area contributed by atoms with Crippen LogP contribution in [0.2, 0.25) is 0 Å². The van der Waals surface area contributed by atoms with Gasteiger partial charge in [-0.3, -0.25) is 4.90 Å². The third-order valence-electron chi connectivity index (χ3n) is 3.60. The van der Waals surface area contributed by atoms with Gasteiger partial charge in [-0.25, -0.2) is 9.79 Å². The molecule has 2 aliphatic heterocycles. The van der Waals surface area contributed by atoms with E-state index in [-0.39, 0.29) is 18.2 Å². The molecule has 2 heterocycles. The monoisotopic (exact) mass is 299 g/mol. The normalized spacial score (nSPS) is 28.8. The zero-order valence-electron chi connectivity index (χ0n) is 13.5. The number of nitrogens with one attached hydrogen (secondary N) is 1.